The van der Waals surface area contributed by atoms with Crippen molar-refractivity contribution in [3.05, 3.63) is 0 Å². The third kappa shape index (κ3) is 1.93. The minimum atomic E-state index is -0.379. The average molecular weight is 182 g/mol. The Morgan fingerprint density at radius 2 is 2.23 bits per heavy atom. The lowest BCUT2D eigenvalue weighted by atomic mass is 9.79. The minimum absolute atomic E-state index is 0.379. The summed E-state index contributed by atoms with van der Waals surface area (Å²) in [5.74, 6) is 0.890. The van der Waals surface area contributed by atoms with E-state index in [2.05, 4.69) is 0 Å². The van der Waals surface area contributed by atoms with Crippen molar-refractivity contribution in [1.82, 2.24) is 0 Å². The molecule has 0 N–H and O–H groups in total. The highest BCUT2D eigenvalue weighted by Gasteiger charge is 2.35. The Labute approximate surface area is 79.7 Å². The highest BCUT2D eigenvalue weighted by molar-refractivity contribution is 5.62. The van der Waals surface area contributed by atoms with E-state index < -0.39 is 0 Å². The van der Waals surface area contributed by atoms with Crippen LogP contribution in [-0.2, 0) is 9.53 Å². The third-order valence-corrected chi connectivity index (χ3v) is 3.55. The molecule has 0 amide bonds. The quantitative estimate of drug-likeness (QED) is 0.624. The van der Waals surface area contributed by atoms with Crippen molar-refractivity contribution < 1.29 is 9.53 Å². The van der Waals surface area contributed by atoms with Crippen LogP contribution in [0.1, 0.15) is 44.9 Å². The van der Waals surface area contributed by atoms with Crippen molar-refractivity contribution in [3.63, 3.8) is 0 Å². The van der Waals surface area contributed by atoms with E-state index >= 15 is 0 Å². The molecular formula is C11H18O2. The second-order valence-corrected chi connectivity index (χ2v) is 4.47. The molecule has 1 aliphatic heterocycles. The first kappa shape index (κ1) is 9.20. The lowest BCUT2D eigenvalue weighted by Crippen LogP contribution is -2.31. The van der Waals surface area contributed by atoms with Crippen LogP contribution < -0.4 is 0 Å². The largest absolute Gasteiger partial charge is 0.368 e. The van der Waals surface area contributed by atoms with Crippen molar-refractivity contribution in [2.75, 3.05) is 6.61 Å². The Hall–Kier alpha value is -0.370. The summed E-state index contributed by atoms with van der Waals surface area (Å²) < 4.78 is 5.54. The molecule has 0 aromatic heterocycles. The molecule has 0 aromatic carbocycles. The average Bonchev–Trinajstić information content (AvgIpc) is 2.51. The summed E-state index contributed by atoms with van der Waals surface area (Å²) >= 11 is 0. The summed E-state index contributed by atoms with van der Waals surface area (Å²) in [7, 11) is 0. The van der Waals surface area contributed by atoms with Gasteiger partial charge in [-0.1, -0.05) is 19.3 Å². The van der Waals surface area contributed by atoms with Crippen molar-refractivity contribution >= 4 is 6.29 Å². The van der Waals surface area contributed by atoms with Crippen LogP contribution in [0.4, 0.5) is 0 Å². The Morgan fingerprint density at radius 1 is 1.38 bits per heavy atom. The van der Waals surface area contributed by atoms with Gasteiger partial charge in [0.25, 0.3) is 0 Å². The van der Waals surface area contributed by atoms with Crippen molar-refractivity contribution in [2.24, 2.45) is 5.92 Å². The highest BCUT2D eigenvalue weighted by atomic mass is 16.5. The van der Waals surface area contributed by atoms with Crippen LogP contribution >= 0.6 is 0 Å². The summed E-state index contributed by atoms with van der Waals surface area (Å²) in [5, 5.41) is 0. The molecule has 13 heavy (non-hydrogen) atoms. The first-order valence-corrected chi connectivity index (χ1v) is 5.45. The third-order valence-electron chi connectivity index (χ3n) is 3.55. The zero-order chi connectivity index (χ0) is 9.15. The van der Waals surface area contributed by atoms with E-state index in [1.165, 1.54) is 25.7 Å². The number of hydrogen-bond donors (Lipinski definition) is 0. The Kier molecular flexibility index (Phi) is 2.68. The van der Waals surface area contributed by atoms with E-state index in [0.29, 0.717) is 0 Å². The predicted octanol–water partition coefficient (Wildman–Crippen LogP) is 2.31. The van der Waals surface area contributed by atoms with E-state index in [0.717, 1.165) is 38.1 Å². The summed E-state index contributed by atoms with van der Waals surface area (Å²) in [6, 6.07) is 0. The number of aldehydes is 1. The van der Waals surface area contributed by atoms with Gasteiger partial charge in [0.2, 0.25) is 0 Å². The van der Waals surface area contributed by atoms with Gasteiger partial charge in [-0.15, -0.1) is 0 Å². The predicted molar refractivity (Wildman–Crippen MR) is 50.6 cm³/mol. The number of carbonyl (C=O) groups excluding carboxylic acids is 1. The van der Waals surface area contributed by atoms with Gasteiger partial charge in [0.1, 0.15) is 5.60 Å². The maximum atomic E-state index is 10.9. The monoisotopic (exact) mass is 182 g/mol. The molecule has 1 heterocycles. The second-order valence-electron chi connectivity index (χ2n) is 4.47. The first-order chi connectivity index (χ1) is 6.35. The molecule has 0 bridgehead atoms. The van der Waals surface area contributed by atoms with Crippen LogP contribution in [0.3, 0.4) is 0 Å². The number of ether oxygens (including phenoxy) is 1. The minimum Gasteiger partial charge on any atom is -0.368 e. The molecule has 2 rings (SSSR count). The number of carbonyl (C=O) groups is 1. The molecule has 0 aromatic rings. The van der Waals surface area contributed by atoms with E-state index in [1.807, 2.05) is 0 Å². The summed E-state index contributed by atoms with van der Waals surface area (Å²) in [4.78, 5) is 10.9. The molecule has 1 saturated heterocycles. The van der Waals surface area contributed by atoms with Gasteiger partial charge in [-0.05, 0) is 31.6 Å². The van der Waals surface area contributed by atoms with Crippen LogP contribution in [-0.4, -0.2) is 18.5 Å². The molecule has 1 saturated carbocycles. The highest BCUT2D eigenvalue weighted by Crippen LogP contribution is 2.35. The summed E-state index contributed by atoms with van der Waals surface area (Å²) in [6.07, 6.45) is 9.33. The topological polar surface area (TPSA) is 26.3 Å². The van der Waals surface area contributed by atoms with Gasteiger partial charge < -0.3 is 9.53 Å². The summed E-state index contributed by atoms with van der Waals surface area (Å²) in [6.45, 7) is 0.781. The van der Waals surface area contributed by atoms with Crippen LogP contribution in [0.2, 0.25) is 0 Å². The molecular weight excluding hydrogens is 164 g/mol. The maximum absolute atomic E-state index is 10.9. The normalized spacial score (nSPS) is 34.5. The standard InChI is InChI=1S/C11H18O2/c12-9-11(6-2-8-13-11)7-5-10-3-1-4-10/h9-10H,1-8H2. The van der Waals surface area contributed by atoms with Crippen molar-refractivity contribution in [1.29, 1.82) is 0 Å². The molecule has 2 aliphatic rings. The lowest BCUT2D eigenvalue weighted by Gasteiger charge is -2.29. The van der Waals surface area contributed by atoms with Crippen molar-refractivity contribution in [3.8, 4) is 0 Å². The van der Waals surface area contributed by atoms with Gasteiger partial charge in [-0.25, -0.2) is 0 Å². The fourth-order valence-corrected chi connectivity index (χ4v) is 2.30. The van der Waals surface area contributed by atoms with Crippen LogP contribution in [0.15, 0.2) is 0 Å². The molecule has 1 atom stereocenters. The molecule has 2 nitrogen and oxygen atoms in total. The van der Waals surface area contributed by atoms with Gasteiger partial charge in [0.05, 0.1) is 0 Å². The van der Waals surface area contributed by atoms with Gasteiger partial charge in [0, 0.05) is 6.61 Å². The number of rotatable bonds is 4. The smallest absolute Gasteiger partial charge is 0.151 e. The Balaban J connectivity index is 1.79. The molecule has 2 heteroatoms. The fraction of sp³-hybridized carbons (Fsp3) is 0.909. The molecule has 1 unspecified atom stereocenters. The van der Waals surface area contributed by atoms with E-state index in [4.69, 9.17) is 4.74 Å². The van der Waals surface area contributed by atoms with E-state index in [9.17, 15) is 4.79 Å². The molecule has 1 aliphatic carbocycles. The SMILES string of the molecule is O=CC1(CCC2CCC2)CCCO1. The van der Waals surface area contributed by atoms with Crippen LogP contribution in [0.25, 0.3) is 0 Å². The van der Waals surface area contributed by atoms with Crippen LogP contribution in [0, 0.1) is 5.92 Å². The van der Waals surface area contributed by atoms with E-state index in [1.54, 1.807) is 0 Å². The Bertz CT molecular complexity index is 179. The lowest BCUT2D eigenvalue weighted by molar-refractivity contribution is -0.126. The van der Waals surface area contributed by atoms with E-state index in [-0.39, 0.29) is 5.60 Å². The van der Waals surface area contributed by atoms with Gasteiger partial charge in [-0.3, -0.25) is 0 Å². The second kappa shape index (κ2) is 3.79. The zero-order valence-electron chi connectivity index (χ0n) is 8.13. The molecule has 0 spiro atoms. The van der Waals surface area contributed by atoms with Gasteiger partial charge in [0.15, 0.2) is 6.29 Å². The molecule has 0 radical (unpaired) electrons. The maximum Gasteiger partial charge on any atom is 0.151 e. The Morgan fingerprint density at radius 3 is 2.69 bits per heavy atom. The van der Waals surface area contributed by atoms with Crippen LogP contribution in [0.5, 0.6) is 0 Å². The van der Waals surface area contributed by atoms with Gasteiger partial charge in [-0.2, -0.15) is 0 Å². The summed E-state index contributed by atoms with van der Waals surface area (Å²) in [5.41, 5.74) is -0.379. The molecule has 2 fully saturated rings. The zero-order valence-corrected chi connectivity index (χ0v) is 8.13. The van der Waals surface area contributed by atoms with Gasteiger partial charge >= 0.3 is 0 Å². The first-order valence-electron chi connectivity index (χ1n) is 5.45. The molecule has 74 valence electrons. The van der Waals surface area contributed by atoms with Crippen molar-refractivity contribution in [2.45, 2.75) is 50.5 Å². The number of hydrogen-bond acceptors (Lipinski definition) is 2. The fourth-order valence-electron chi connectivity index (χ4n) is 2.30.